The third-order valence-electron chi connectivity index (χ3n) is 3.16. The first-order valence-corrected chi connectivity index (χ1v) is 8.51. The maximum absolute atomic E-state index is 12.2. The average Bonchev–Trinajstić information content (AvgIpc) is 2.79. The Morgan fingerprint density at radius 2 is 2.16 bits per heavy atom. The van der Waals surface area contributed by atoms with Gasteiger partial charge in [-0.1, -0.05) is 19.9 Å². The van der Waals surface area contributed by atoms with E-state index in [4.69, 9.17) is 4.74 Å². The Labute approximate surface area is 122 Å². The molecular formula is C13H19NO3S2. The molecule has 0 aromatic heterocycles. The minimum Gasteiger partial charge on any atom is -0.447 e. The summed E-state index contributed by atoms with van der Waals surface area (Å²) in [4.78, 5) is 25.1. The standard InChI is InChI=1S/C13H19NO3S2/c1-9(2)10-8-17-13(16)14(10)11(15)4-5-12-18-6-3-7-19-12/h5,9-10H,3-4,6-8H2,1-2H3/t10-/m1/s1. The molecule has 0 N–H and O–H groups in total. The second-order valence-electron chi connectivity index (χ2n) is 4.93. The monoisotopic (exact) mass is 301 g/mol. The van der Waals surface area contributed by atoms with E-state index in [-0.39, 0.29) is 24.3 Å². The van der Waals surface area contributed by atoms with Gasteiger partial charge in [-0.25, -0.2) is 9.69 Å². The van der Waals surface area contributed by atoms with Gasteiger partial charge in [-0.3, -0.25) is 4.79 Å². The summed E-state index contributed by atoms with van der Waals surface area (Å²) >= 11 is 3.59. The molecule has 0 bridgehead atoms. The highest BCUT2D eigenvalue weighted by molar-refractivity contribution is 8.22. The third-order valence-corrected chi connectivity index (χ3v) is 5.76. The van der Waals surface area contributed by atoms with Gasteiger partial charge >= 0.3 is 6.09 Å². The van der Waals surface area contributed by atoms with Crippen LogP contribution in [0.4, 0.5) is 4.79 Å². The molecule has 2 saturated heterocycles. The van der Waals surface area contributed by atoms with Crippen LogP contribution in [0.3, 0.4) is 0 Å². The fraction of sp³-hybridized carbons (Fsp3) is 0.692. The molecule has 0 radical (unpaired) electrons. The molecule has 0 saturated carbocycles. The Morgan fingerprint density at radius 3 is 2.79 bits per heavy atom. The summed E-state index contributed by atoms with van der Waals surface area (Å²) in [6, 6.07) is -0.120. The number of thioether (sulfide) groups is 2. The van der Waals surface area contributed by atoms with Crippen LogP contribution in [0, 0.1) is 5.92 Å². The molecule has 0 unspecified atom stereocenters. The van der Waals surface area contributed by atoms with E-state index >= 15 is 0 Å². The van der Waals surface area contributed by atoms with Gasteiger partial charge in [-0.05, 0) is 23.8 Å². The average molecular weight is 301 g/mol. The summed E-state index contributed by atoms with van der Waals surface area (Å²) in [5, 5.41) is 0. The summed E-state index contributed by atoms with van der Waals surface area (Å²) in [5.74, 6) is 2.31. The lowest BCUT2D eigenvalue weighted by molar-refractivity contribution is -0.128. The number of carbonyl (C=O) groups excluding carboxylic acids is 2. The normalized spacial score (nSPS) is 23.7. The lowest BCUT2D eigenvalue weighted by atomic mass is 10.0. The SMILES string of the molecule is CC(C)[C@H]1COC(=O)N1C(=O)CC=C1SCCCS1. The van der Waals surface area contributed by atoms with Crippen molar-refractivity contribution in [2.24, 2.45) is 5.92 Å². The lowest BCUT2D eigenvalue weighted by Gasteiger charge is -2.22. The largest absolute Gasteiger partial charge is 0.447 e. The molecule has 2 fully saturated rings. The minimum atomic E-state index is -0.494. The first-order valence-electron chi connectivity index (χ1n) is 6.54. The van der Waals surface area contributed by atoms with Gasteiger partial charge in [0.1, 0.15) is 6.61 Å². The number of cyclic esters (lactones) is 1. The number of ether oxygens (including phenoxy) is 1. The van der Waals surface area contributed by atoms with Crippen LogP contribution in [0.2, 0.25) is 0 Å². The van der Waals surface area contributed by atoms with E-state index in [1.54, 1.807) is 23.5 Å². The smallest absolute Gasteiger partial charge is 0.416 e. The molecule has 19 heavy (non-hydrogen) atoms. The molecule has 106 valence electrons. The lowest BCUT2D eigenvalue weighted by Crippen LogP contribution is -2.41. The molecule has 6 heteroatoms. The molecule has 2 amide bonds. The molecule has 4 nitrogen and oxygen atoms in total. The highest BCUT2D eigenvalue weighted by Crippen LogP contribution is 2.34. The maximum atomic E-state index is 12.2. The van der Waals surface area contributed by atoms with E-state index in [0.29, 0.717) is 6.61 Å². The molecule has 0 aromatic carbocycles. The topological polar surface area (TPSA) is 46.6 Å². The predicted octanol–water partition coefficient (Wildman–Crippen LogP) is 3.09. The quantitative estimate of drug-likeness (QED) is 0.801. The van der Waals surface area contributed by atoms with Gasteiger partial charge in [0.15, 0.2) is 0 Å². The van der Waals surface area contributed by atoms with Crippen molar-refractivity contribution in [1.82, 2.24) is 4.90 Å². The highest BCUT2D eigenvalue weighted by Gasteiger charge is 2.38. The zero-order valence-electron chi connectivity index (χ0n) is 11.3. The van der Waals surface area contributed by atoms with Crippen LogP contribution in [0.5, 0.6) is 0 Å². The van der Waals surface area contributed by atoms with Crippen molar-refractivity contribution in [3.8, 4) is 0 Å². The summed E-state index contributed by atoms with van der Waals surface area (Å²) in [6.07, 6.45) is 2.95. The Morgan fingerprint density at radius 1 is 1.47 bits per heavy atom. The molecule has 2 rings (SSSR count). The van der Waals surface area contributed by atoms with Crippen LogP contribution in [-0.4, -0.2) is 41.1 Å². The van der Waals surface area contributed by atoms with Crippen LogP contribution in [0.1, 0.15) is 26.7 Å². The number of hydrogen-bond donors (Lipinski definition) is 0. The number of amides is 2. The van der Waals surface area contributed by atoms with Gasteiger partial charge < -0.3 is 4.74 Å². The molecule has 2 aliphatic heterocycles. The van der Waals surface area contributed by atoms with Crippen LogP contribution >= 0.6 is 23.5 Å². The molecule has 2 heterocycles. The van der Waals surface area contributed by atoms with E-state index in [2.05, 4.69) is 0 Å². The molecular weight excluding hydrogens is 282 g/mol. The van der Waals surface area contributed by atoms with Crippen LogP contribution in [0.25, 0.3) is 0 Å². The van der Waals surface area contributed by atoms with Gasteiger partial charge in [-0.2, -0.15) is 0 Å². The second-order valence-corrected chi connectivity index (χ2v) is 7.46. The Balaban J connectivity index is 1.96. The van der Waals surface area contributed by atoms with Crippen molar-refractivity contribution in [3.05, 3.63) is 10.3 Å². The molecule has 0 aromatic rings. The number of carbonyl (C=O) groups is 2. The van der Waals surface area contributed by atoms with E-state index < -0.39 is 6.09 Å². The summed E-state index contributed by atoms with van der Waals surface area (Å²) < 4.78 is 6.19. The zero-order valence-corrected chi connectivity index (χ0v) is 12.9. The number of rotatable bonds is 3. The number of imide groups is 1. The first-order chi connectivity index (χ1) is 9.09. The minimum absolute atomic E-state index is 0.120. The molecule has 0 spiro atoms. The van der Waals surface area contributed by atoms with Gasteiger partial charge in [0, 0.05) is 10.7 Å². The van der Waals surface area contributed by atoms with Gasteiger partial charge in [-0.15, -0.1) is 23.5 Å². The zero-order chi connectivity index (χ0) is 13.8. The predicted molar refractivity (Wildman–Crippen MR) is 79.1 cm³/mol. The van der Waals surface area contributed by atoms with Crippen LogP contribution < -0.4 is 0 Å². The van der Waals surface area contributed by atoms with Crippen molar-refractivity contribution >= 4 is 35.5 Å². The summed E-state index contributed by atoms with van der Waals surface area (Å²) in [7, 11) is 0. The van der Waals surface area contributed by atoms with Gasteiger partial charge in [0.2, 0.25) is 5.91 Å². The van der Waals surface area contributed by atoms with Crippen LogP contribution in [-0.2, 0) is 9.53 Å². The van der Waals surface area contributed by atoms with E-state index in [1.807, 2.05) is 19.9 Å². The van der Waals surface area contributed by atoms with Crippen LogP contribution in [0.15, 0.2) is 10.3 Å². The Bertz CT molecular complexity index is 387. The second kappa shape index (κ2) is 6.70. The molecule has 2 aliphatic rings. The van der Waals surface area contributed by atoms with Gasteiger partial charge in [0.05, 0.1) is 6.04 Å². The first kappa shape index (κ1) is 14.8. The number of hydrogen-bond acceptors (Lipinski definition) is 5. The molecule has 0 aliphatic carbocycles. The summed E-state index contributed by atoms with van der Waals surface area (Å²) in [5.41, 5.74) is 0. The molecule has 1 atom stereocenters. The Kier molecular flexibility index (Phi) is 5.21. The van der Waals surface area contributed by atoms with Gasteiger partial charge in [0.25, 0.3) is 0 Å². The van der Waals surface area contributed by atoms with Crippen molar-refractivity contribution in [2.45, 2.75) is 32.7 Å². The highest BCUT2D eigenvalue weighted by atomic mass is 32.2. The van der Waals surface area contributed by atoms with Crippen molar-refractivity contribution in [3.63, 3.8) is 0 Å². The fourth-order valence-corrected chi connectivity index (χ4v) is 4.44. The fourth-order valence-electron chi connectivity index (χ4n) is 2.05. The van der Waals surface area contributed by atoms with E-state index in [1.165, 1.54) is 15.6 Å². The van der Waals surface area contributed by atoms with Crippen molar-refractivity contribution < 1.29 is 14.3 Å². The van der Waals surface area contributed by atoms with Crippen molar-refractivity contribution in [2.75, 3.05) is 18.1 Å². The number of nitrogens with zero attached hydrogens (tertiary/aromatic N) is 1. The Hall–Kier alpha value is -0.620. The summed E-state index contributed by atoms with van der Waals surface area (Å²) in [6.45, 7) is 4.32. The van der Waals surface area contributed by atoms with E-state index in [0.717, 1.165) is 11.5 Å². The van der Waals surface area contributed by atoms with E-state index in [9.17, 15) is 9.59 Å². The maximum Gasteiger partial charge on any atom is 0.416 e. The van der Waals surface area contributed by atoms with Crippen molar-refractivity contribution in [1.29, 1.82) is 0 Å². The third kappa shape index (κ3) is 3.69.